The van der Waals surface area contributed by atoms with Gasteiger partial charge in [-0.3, -0.25) is 4.79 Å². The van der Waals surface area contributed by atoms with E-state index < -0.39 is 0 Å². The number of rotatable bonds is 4. The standard InChI is InChI=1S/C20H18OS/c1-15(21)22-13-7-6-12-20-18-10-4-2-8-16(18)14-17-9-3-5-11-19(17)20/h2-6,8-12,14H,7,13H2,1H3. The predicted molar refractivity (Wildman–Crippen MR) is 98.2 cm³/mol. The van der Waals surface area contributed by atoms with Crippen molar-refractivity contribution in [1.29, 1.82) is 0 Å². The molecule has 0 aliphatic heterocycles. The first-order chi connectivity index (χ1) is 10.8. The van der Waals surface area contributed by atoms with Crippen molar-refractivity contribution in [2.45, 2.75) is 13.3 Å². The third-order valence-electron chi connectivity index (χ3n) is 3.69. The Morgan fingerprint density at radius 1 is 1.00 bits per heavy atom. The molecule has 3 aromatic carbocycles. The van der Waals surface area contributed by atoms with E-state index in [1.807, 2.05) is 0 Å². The van der Waals surface area contributed by atoms with Crippen LogP contribution in [0, 0.1) is 0 Å². The van der Waals surface area contributed by atoms with Gasteiger partial charge in [0.2, 0.25) is 0 Å². The van der Waals surface area contributed by atoms with Crippen molar-refractivity contribution in [3.8, 4) is 0 Å². The number of fused-ring (bicyclic) bond motifs is 2. The van der Waals surface area contributed by atoms with Crippen molar-refractivity contribution in [2.75, 3.05) is 5.75 Å². The van der Waals surface area contributed by atoms with Gasteiger partial charge in [-0.1, -0.05) is 72.4 Å². The van der Waals surface area contributed by atoms with Crippen LogP contribution >= 0.6 is 11.8 Å². The lowest BCUT2D eigenvalue weighted by Crippen LogP contribution is -1.85. The Kier molecular flexibility index (Phi) is 4.59. The van der Waals surface area contributed by atoms with Crippen molar-refractivity contribution in [3.05, 3.63) is 66.2 Å². The fraction of sp³-hybridized carbons (Fsp3) is 0.150. The Labute approximate surface area is 135 Å². The molecule has 0 radical (unpaired) electrons. The van der Waals surface area contributed by atoms with Gasteiger partial charge in [0.25, 0.3) is 0 Å². The summed E-state index contributed by atoms with van der Waals surface area (Å²) in [6.45, 7) is 1.62. The molecule has 0 unspecified atom stereocenters. The maximum Gasteiger partial charge on any atom is 0.185 e. The van der Waals surface area contributed by atoms with E-state index in [0.717, 1.165) is 12.2 Å². The van der Waals surface area contributed by atoms with Gasteiger partial charge in [-0.15, -0.1) is 0 Å². The van der Waals surface area contributed by atoms with Gasteiger partial charge in [0, 0.05) is 12.7 Å². The number of hydrogen-bond acceptors (Lipinski definition) is 2. The molecule has 0 heterocycles. The first-order valence-electron chi connectivity index (χ1n) is 7.46. The maximum absolute atomic E-state index is 11.0. The summed E-state index contributed by atoms with van der Waals surface area (Å²) < 4.78 is 0. The Bertz CT molecular complexity index is 795. The summed E-state index contributed by atoms with van der Waals surface area (Å²) in [6, 6.07) is 19.2. The molecule has 3 rings (SSSR count). The Hall–Kier alpha value is -2.06. The molecule has 1 nitrogen and oxygen atoms in total. The topological polar surface area (TPSA) is 17.1 Å². The van der Waals surface area contributed by atoms with Crippen molar-refractivity contribution in [2.24, 2.45) is 0 Å². The molecular formula is C20H18OS. The van der Waals surface area contributed by atoms with E-state index >= 15 is 0 Å². The minimum Gasteiger partial charge on any atom is -0.288 e. The molecule has 0 amide bonds. The van der Waals surface area contributed by atoms with Crippen LogP contribution in [-0.4, -0.2) is 10.9 Å². The highest BCUT2D eigenvalue weighted by molar-refractivity contribution is 8.13. The van der Waals surface area contributed by atoms with Crippen LogP contribution in [0.5, 0.6) is 0 Å². The summed E-state index contributed by atoms with van der Waals surface area (Å²) in [5, 5.41) is 5.26. The predicted octanol–water partition coefficient (Wildman–Crippen LogP) is 5.68. The van der Waals surface area contributed by atoms with Gasteiger partial charge in [0.1, 0.15) is 0 Å². The van der Waals surface area contributed by atoms with Gasteiger partial charge in [-0.05, 0) is 39.6 Å². The molecule has 0 bridgehead atoms. The second kappa shape index (κ2) is 6.80. The molecule has 0 fully saturated rings. The molecule has 110 valence electrons. The minimum atomic E-state index is 0.184. The third-order valence-corrected chi connectivity index (χ3v) is 4.53. The summed E-state index contributed by atoms with van der Waals surface area (Å²) >= 11 is 1.38. The van der Waals surface area contributed by atoms with Gasteiger partial charge < -0.3 is 0 Å². The number of carbonyl (C=O) groups excluding carboxylic acids is 1. The van der Waals surface area contributed by atoms with Crippen molar-refractivity contribution >= 4 is 44.5 Å². The lowest BCUT2D eigenvalue weighted by Gasteiger charge is -2.08. The van der Waals surface area contributed by atoms with E-state index in [-0.39, 0.29) is 5.12 Å². The van der Waals surface area contributed by atoms with Gasteiger partial charge in [-0.2, -0.15) is 0 Å². The van der Waals surface area contributed by atoms with Crippen LogP contribution in [0.3, 0.4) is 0 Å². The summed E-state index contributed by atoms with van der Waals surface area (Å²) in [6.07, 6.45) is 5.28. The van der Waals surface area contributed by atoms with Crippen LogP contribution < -0.4 is 0 Å². The highest BCUT2D eigenvalue weighted by atomic mass is 32.2. The largest absolute Gasteiger partial charge is 0.288 e. The highest BCUT2D eigenvalue weighted by Gasteiger charge is 2.04. The van der Waals surface area contributed by atoms with E-state index in [4.69, 9.17) is 0 Å². The van der Waals surface area contributed by atoms with Gasteiger partial charge in [-0.25, -0.2) is 0 Å². The highest BCUT2D eigenvalue weighted by Crippen LogP contribution is 2.29. The Balaban J connectivity index is 2.01. The van der Waals surface area contributed by atoms with Crippen LogP contribution in [0.25, 0.3) is 27.6 Å². The lowest BCUT2D eigenvalue weighted by molar-refractivity contribution is -0.109. The van der Waals surface area contributed by atoms with E-state index in [0.29, 0.717) is 0 Å². The first-order valence-corrected chi connectivity index (χ1v) is 8.44. The Morgan fingerprint density at radius 2 is 1.59 bits per heavy atom. The molecule has 0 aliphatic carbocycles. The van der Waals surface area contributed by atoms with Crippen LogP contribution in [0.4, 0.5) is 0 Å². The minimum absolute atomic E-state index is 0.184. The quantitative estimate of drug-likeness (QED) is 0.456. The summed E-state index contributed by atoms with van der Waals surface area (Å²) in [7, 11) is 0. The number of allylic oxidation sites excluding steroid dienone is 1. The van der Waals surface area contributed by atoms with E-state index in [1.54, 1.807) is 6.92 Å². The zero-order valence-corrected chi connectivity index (χ0v) is 13.4. The lowest BCUT2D eigenvalue weighted by atomic mass is 9.96. The van der Waals surface area contributed by atoms with Crippen LogP contribution in [-0.2, 0) is 4.79 Å². The molecule has 0 spiro atoms. The summed E-state index contributed by atoms with van der Waals surface area (Å²) in [5.41, 5.74) is 1.27. The van der Waals surface area contributed by atoms with Crippen LogP contribution in [0.2, 0.25) is 0 Å². The molecule has 0 atom stereocenters. The van der Waals surface area contributed by atoms with E-state index in [2.05, 4.69) is 66.7 Å². The van der Waals surface area contributed by atoms with Crippen molar-refractivity contribution in [1.82, 2.24) is 0 Å². The van der Waals surface area contributed by atoms with Crippen molar-refractivity contribution in [3.63, 3.8) is 0 Å². The molecule has 0 saturated heterocycles. The maximum atomic E-state index is 11.0. The molecular weight excluding hydrogens is 288 g/mol. The molecule has 0 saturated carbocycles. The number of hydrogen-bond donors (Lipinski definition) is 0. The average Bonchev–Trinajstić information content (AvgIpc) is 2.53. The number of carbonyl (C=O) groups is 1. The van der Waals surface area contributed by atoms with Gasteiger partial charge >= 0.3 is 0 Å². The molecule has 3 aromatic rings. The van der Waals surface area contributed by atoms with Gasteiger partial charge in [0.05, 0.1) is 0 Å². The number of thioether (sulfide) groups is 1. The SMILES string of the molecule is CC(=O)SCCC=Cc1c2ccccc2cc2ccccc12. The fourth-order valence-electron chi connectivity index (χ4n) is 2.70. The third kappa shape index (κ3) is 3.23. The van der Waals surface area contributed by atoms with Crippen molar-refractivity contribution < 1.29 is 4.79 Å². The van der Waals surface area contributed by atoms with Crippen LogP contribution in [0.1, 0.15) is 18.9 Å². The second-order valence-electron chi connectivity index (χ2n) is 5.26. The summed E-state index contributed by atoms with van der Waals surface area (Å²) in [5.74, 6) is 0.842. The molecule has 22 heavy (non-hydrogen) atoms. The first kappa shape index (κ1) is 14.9. The number of benzene rings is 3. The molecule has 0 aliphatic rings. The van der Waals surface area contributed by atoms with E-state index in [1.165, 1.54) is 38.9 Å². The van der Waals surface area contributed by atoms with E-state index in [9.17, 15) is 4.79 Å². The van der Waals surface area contributed by atoms with Gasteiger partial charge in [0.15, 0.2) is 5.12 Å². The van der Waals surface area contributed by atoms with Crippen LogP contribution in [0.15, 0.2) is 60.7 Å². The normalized spacial score (nSPS) is 11.5. The molecule has 0 N–H and O–H groups in total. The smallest absolute Gasteiger partial charge is 0.185 e. The monoisotopic (exact) mass is 306 g/mol. The zero-order valence-electron chi connectivity index (χ0n) is 12.6. The Morgan fingerprint density at radius 3 is 2.18 bits per heavy atom. The summed E-state index contributed by atoms with van der Waals surface area (Å²) in [4.78, 5) is 11.0. The fourth-order valence-corrected chi connectivity index (χ4v) is 3.24. The second-order valence-corrected chi connectivity index (χ2v) is 6.54. The molecule has 0 aromatic heterocycles. The molecule has 2 heteroatoms. The zero-order chi connectivity index (χ0) is 15.4. The average molecular weight is 306 g/mol.